The van der Waals surface area contributed by atoms with Crippen LogP contribution in [0.25, 0.3) is 16.9 Å². The molecule has 136 valence electrons. The number of para-hydroxylation sites is 1. The Bertz CT molecular complexity index is 1150. The molecule has 3 aromatic carbocycles. The predicted molar refractivity (Wildman–Crippen MR) is 104 cm³/mol. The van der Waals surface area contributed by atoms with Crippen LogP contribution in [0.15, 0.2) is 85.1 Å². The first-order valence-corrected chi connectivity index (χ1v) is 8.76. The van der Waals surface area contributed by atoms with Gasteiger partial charge >= 0.3 is 0 Å². The van der Waals surface area contributed by atoms with Gasteiger partial charge in [0.25, 0.3) is 0 Å². The molecule has 1 aromatic heterocycles. The van der Waals surface area contributed by atoms with Gasteiger partial charge in [-0.05, 0) is 30.3 Å². The Hall–Kier alpha value is -3.91. The minimum absolute atomic E-state index is 0.125. The van der Waals surface area contributed by atoms with E-state index in [-0.39, 0.29) is 12.4 Å². The number of aromatic nitrogens is 2. The van der Waals surface area contributed by atoms with Crippen LogP contribution in [0.1, 0.15) is 11.1 Å². The van der Waals surface area contributed by atoms with Crippen LogP contribution < -0.4 is 4.74 Å². The van der Waals surface area contributed by atoms with Crippen LogP contribution in [-0.2, 0) is 6.61 Å². The van der Waals surface area contributed by atoms with Crippen LogP contribution in [0.2, 0.25) is 0 Å². The van der Waals surface area contributed by atoms with E-state index in [0.29, 0.717) is 22.6 Å². The first-order valence-electron chi connectivity index (χ1n) is 8.76. The summed E-state index contributed by atoms with van der Waals surface area (Å²) >= 11 is 0. The largest absolute Gasteiger partial charge is 0.489 e. The zero-order chi connectivity index (χ0) is 19.3. The van der Waals surface area contributed by atoms with Gasteiger partial charge in [-0.2, -0.15) is 10.4 Å². The third-order valence-corrected chi connectivity index (χ3v) is 4.32. The van der Waals surface area contributed by atoms with Crippen molar-refractivity contribution in [3.8, 4) is 28.8 Å². The van der Waals surface area contributed by atoms with Gasteiger partial charge in [0.2, 0.25) is 0 Å². The molecule has 5 heteroatoms. The zero-order valence-electron chi connectivity index (χ0n) is 14.9. The molecule has 0 unspecified atom stereocenters. The van der Waals surface area contributed by atoms with Gasteiger partial charge in [-0.15, -0.1) is 0 Å². The van der Waals surface area contributed by atoms with E-state index < -0.39 is 0 Å². The topological polar surface area (TPSA) is 50.8 Å². The Kier molecular flexibility index (Phi) is 4.85. The van der Waals surface area contributed by atoms with Crippen molar-refractivity contribution in [2.45, 2.75) is 6.61 Å². The van der Waals surface area contributed by atoms with E-state index in [1.807, 2.05) is 42.5 Å². The van der Waals surface area contributed by atoms with Crippen LogP contribution >= 0.6 is 0 Å². The quantitative estimate of drug-likeness (QED) is 0.490. The molecule has 0 radical (unpaired) electrons. The molecule has 0 N–H and O–H groups in total. The summed E-state index contributed by atoms with van der Waals surface area (Å²) in [5, 5.41) is 14.1. The lowest BCUT2D eigenvalue weighted by Gasteiger charge is -2.08. The standard InChI is InChI=1S/C23H16FN3O/c24-22-12-5-4-7-18(22)16-28-21-11-6-8-17(13-21)23-19(14-25)15-27(26-23)20-9-2-1-3-10-20/h1-13,15H,16H2. The summed E-state index contributed by atoms with van der Waals surface area (Å²) in [5.41, 5.74) is 3.16. The molecule has 28 heavy (non-hydrogen) atoms. The van der Waals surface area contributed by atoms with Crippen LogP contribution in [0.4, 0.5) is 4.39 Å². The van der Waals surface area contributed by atoms with Gasteiger partial charge in [0.1, 0.15) is 29.9 Å². The van der Waals surface area contributed by atoms with Crippen molar-refractivity contribution < 1.29 is 9.13 Å². The molecule has 0 bridgehead atoms. The van der Waals surface area contributed by atoms with Gasteiger partial charge in [-0.1, -0.05) is 48.5 Å². The van der Waals surface area contributed by atoms with Crippen molar-refractivity contribution in [1.82, 2.24) is 9.78 Å². The first kappa shape index (κ1) is 17.5. The molecule has 1 heterocycles. The Labute approximate surface area is 162 Å². The maximum atomic E-state index is 13.8. The highest BCUT2D eigenvalue weighted by atomic mass is 19.1. The van der Waals surface area contributed by atoms with Crippen molar-refractivity contribution in [3.05, 3.63) is 102 Å². The second kappa shape index (κ2) is 7.77. The van der Waals surface area contributed by atoms with Crippen molar-refractivity contribution in [2.75, 3.05) is 0 Å². The molecule has 0 saturated carbocycles. The highest BCUT2D eigenvalue weighted by Crippen LogP contribution is 2.27. The van der Waals surface area contributed by atoms with E-state index in [1.165, 1.54) is 6.07 Å². The van der Waals surface area contributed by atoms with Gasteiger partial charge in [0, 0.05) is 17.3 Å². The smallest absolute Gasteiger partial charge is 0.129 e. The summed E-state index contributed by atoms with van der Waals surface area (Å²) in [7, 11) is 0. The molecule has 0 spiro atoms. The van der Waals surface area contributed by atoms with E-state index in [1.54, 1.807) is 41.2 Å². The lowest BCUT2D eigenvalue weighted by molar-refractivity contribution is 0.300. The molecule has 0 atom stereocenters. The molecule has 0 saturated heterocycles. The Morgan fingerprint density at radius 1 is 0.964 bits per heavy atom. The number of rotatable bonds is 5. The van der Waals surface area contributed by atoms with E-state index in [4.69, 9.17) is 4.74 Å². The number of nitrogens with zero attached hydrogens (tertiary/aromatic N) is 3. The highest BCUT2D eigenvalue weighted by Gasteiger charge is 2.13. The van der Waals surface area contributed by atoms with E-state index in [0.717, 1.165) is 11.3 Å². The van der Waals surface area contributed by atoms with Crippen molar-refractivity contribution in [3.63, 3.8) is 0 Å². The van der Waals surface area contributed by atoms with E-state index in [2.05, 4.69) is 11.2 Å². The second-order valence-electron chi connectivity index (χ2n) is 6.19. The summed E-state index contributed by atoms with van der Waals surface area (Å²) in [5.74, 6) is 0.283. The minimum atomic E-state index is -0.299. The first-order chi connectivity index (χ1) is 13.7. The normalized spacial score (nSPS) is 10.4. The van der Waals surface area contributed by atoms with Crippen LogP contribution in [-0.4, -0.2) is 9.78 Å². The second-order valence-corrected chi connectivity index (χ2v) is 6.19. The average Bonchev–Trinajstić information content (AvgIpc) is 3.19. The molecular formula is C23H16FN3O. The van der Waals surface area contributed by atoms with Crippen LogP contribution in [0.3, 0.4) is 0 Å². The number of nitriles is 1. The number of ether oxygens (including phenoxy) is 1. The van der Waals surface area contributed by atoms with E-state index in [9.17, 15) is 9.65 Å². The fourth-order valence-electron chi connectivity index (χ4n) is 2.89. The number of hydrogen-bond acceptors (Lipinski definition) is 3. The summed E-state index contributed by atoms with van der Waals surface area (Å²) in [6.07, 6.45) is 1.71. The van der Waals surface area contributed by atoms with Gasteiger partial charge in [0.05, 0.1) is 11.3 Å². The van der Waals surface area contributed by atoms with Crippen molar-refractivity contribution in [2.24, 2.45) is 0 Å². The van der Waals surface area contributed by atoms with Gasteiger partial charge in [0.15, 0.2) is 0 Å². The third-order valence-electron chi connectivity index (χ3n) is 4.32. The molecule has 4 rings (SSSR count). The Morgan fingerprint density at radius 3 is 2.54 bits per heavy atom. The SMILES string of the molecule is N#Cc1cn(-c2ccccc2)nc1-c1cccc(OCc2ccccc2F)c1. The Balaban J connectivity index is 1.62. The number of halogens is 1. The molecule has 4 nitrogen and oxygen atoms in total. The maximum absolute atomic E-state index is 13.8. The number of hydrogen-bond donors (Lipinski definition) is 0. The lowest BCUT2D eigenvalue weighted by Crippen LogP contribution is -1.98. The van der Waals surface area contributed by atoms with Crippen LogP contribution in [0.5, 0.6) is 5.75 Å². The van der Waals surface area contributed by atoms with Crippen molar-refractivity contribution in [1.29, 1.82) is 5.26 Å². The predicted octanol–water partition coefficient (Wildman–Crippen LogP) is 5.13. The summed E-state index contributed by atoms with van der Waals surface area (Å²) in [6, 6.07) is 25.6. The monoisotopic (exact) mass is 369 g/mol. The summed E-state index contributed by atoms with van der Waals surface area (Å²) in [6.45, 7) is 0.125. The maximum Gasteiger partial charge on any atom is 0.129 e. The van der Waals surface area contributed by atoms with Gasteiger partial charge in [-0.3, -0.25) is 0 Å². The molecule has 0 aliphatic heterocycles. The van der Waals surface area contributed by atoms with Crippen LogP contribution in [0, 0.1) is 17.1 Å². The summed E-state index contributed by atoms with van der Waals surface area (Å²) in [4.78, 5) is 0. The molecule has 0 fully saturated rings. The van der Waals surface area contributed by atoms with E-state index >= 15 is 0 Å². The minimum Gasteiger partial charge on any atom is -0.489 e. The van der Waals surface area contributed by atoms with Crippen molar-refractivity contribution >= 4 is 0 Å². The number of benzene rings is 3. The molecular weight excluding hydrogens is 353 g/mol. The van der Waals surface area contributed by atoms with Gasteiger partial charge in [-0.25, -0.2) is 9.07 Å². The average molecular weight is 369 g/mol. The fraction of sp³-hybridized carbons (Fsp3) is 0.0435. The Morgan fingerprint density at radius 2 is 1.75 bits per heavy atom. The fourth-order valence-corrected chi connectivity index (χ4v) is 2.89. The zero-order valence-corrected chi connectivity index (χ0v) is 14.9. The molecule has 0 amide bonds. The molecule has 4 aromatic rings. The molecule has 0 aliphatic rings. The van der Waals surface area contributed by atoms with Gasteiger partial charge < -0.3 is 4.74 Å². The third kappa shape index (κ3) is 3.62. The lowest BCUT2D eigenvalue weighted by atomic mass is 10.1. The summed E-state index contributed by atoms with van der Waals surface area (Å²) < 4.78 is 21.2. The molecule has 0 aliphatic carbocycles. The highest BCUT2D eigenvalue weighted by molar-refractivity contribution is 5.68.